The maximum atomic E-state index is 13.4. The Bertz CT molecular complexity index is 1410. The highest BCUT2D eigenvalue weighted by Crippen LogP contribution is 2.34. The van der Waals surface area contributed by atoms with E-state index in [0.29, 0.717) is 22.7 Å². The third kappa shape index (κ3) is 6.72. The van der Waals surface area contributed by atoms with E-state index in [4.69, 9.17) is 11.6 Å². The lowest BCUT2D eigenvalue weighted by molar-refractivity contribution is 0.0852. The number of halogens is 2. The molecule has 0 fully saturated rings. The van der Waals surface area contributed by atoms with E-state index in [1.54, 1.807) is 49.4 Å². The molecule has 0 spiro atoms. The van der Waals surface area contributed by atoms with Crippen LogP contribution in [0, 0.1) is 3.57 Å². The Labute approximate surface area is 239 Å². The van der Waals surface area contributed by atoms with Crippen LogP contribution in [0.1, 0.15) is 40.2 Å². The van der Waals surface area contributed by atoms with Crippen molar-refractivity contribution < 1.29 is 18.7 Å². The summed E-state index contributed by atoms with van der Waals surface area (Å²) in [7, 11) is 0. The zero-order valence-electron chi connectivity index (χ0n) is 19.4. The molecular weight excluding hydrogens is 647 g/mol. The van der Waals surface area contributed by atoms with Gasteiger partial charge in [-0.1, -0.05) is 54.1 Å². The molecule has 3 N–H and O–H groups in total. The number of anilines is 2. The predicted molar refractivity (Wildman–Crippen MR) is 155 cm³/mol. The van der Waals surface area contributed by atoms with Crippen molar-refractivity contribution in [1.29, 1.82) is 0 Å². The van der Waals surface area contributed by atoms with Crippen LogP contribution in [0.2, 0.25) is 5.02 Å². The van der Waals surface area contributed by atoms with Crippen molar-refractivity contribution in [1.82, 2.24) is 14.1 Å². The number of hydrogen-bond acceptors (Lipinski definition) is 6. The molecule has 1 heterocycles. The number of carbonyl (C=O) groups is 1. The highest BCUT2D eigenvalue weighted by Gasteiger charge is 2.28. The molecule has 1 amide bonds. The van der Waals surface area contributed by atoms with E-state index in [1.165, 1.54) is 0 Å². The van der Waals surface area contributed by atoms with Gasteiger partial charge < -0.3 is 10.4 Å². The van der Waals surface area contributed by atoms with Gasteiger partial charge in [-0.3, -0.25) is 9.35 Å². The number of aliphatic hydroxyl groups excluding tert-OH is 1. The maximum absolute atomic E-state index is 13.4. The van der Waals surface area contributed by atoms with Crippen LogP contribution in [0.15, 0.2) is 72.8 Å². The number of amides is 1. The second kappa shape index (κ2) is 12.4. The molecule has 0 saturated heterocycles. The van der Waals surface area contributed by atoms with E-state index in [-0.39, 0.29) is 17.1 Å². The lowest BCUT2D eigenvalue weighted by Crippen LogP contribution is -2.38. The molecular formula is C25H22ClIN4O4S2. The minimum Gasteiger partial charge on any atom is -0.386 e. The topological polar surface area (TPSA) is 116 Å². The summed E-state index contributed by atoms with van der Waals surface area (Å²) in [5, 5.41) is 14.1. The Kier molecular flexibility index (Phi) is 9.27. The first-order chi connectivity index (χ1) is 17.7. The summed E-state index contributed by atoms with van der Waals surface area (Å²) in [6.07, 6.45) is -0.590. The Morgan fingerprint density at radius 3 is 2.51 bits per heavy atom. The van der Waals surface area contributed by atoms with Gasteiger partial charge in [-0.05, 0) is 71.0 Å². The largest absolute Gasteiger partial charge is 0.386 e. The molecule has 0 bridgehead atoms. The van der Waals surface area contributed by atoms with Crippen LogP contribution in [0.3, 0.4) is 0 Å². The minimum atomic E-state index is -2.55. The molecule has 8 nitrogen and oxygen atoms in total. The third-order valence-electron chi connectivity index (χ3n) is 5.57. The molecule has 3 unspecified atom stereocenters. The van der Waals surface area contributed by atoms with Crippen LogP contribution in [0.25, 0.3) is 0 Å². The second-order valence-electron chi connectivity index (χ2n) is 8.14. The molecule has 1 aromatic heterocycles. The van der Waals surface area contributed by atoms with Gasteiger partial charge in [0.2, 0.25) is 0 Å². The molecule has 0 aliphatic heterocycles. The molecule has 0 aliphatic carbocycles. The van der Waals surface area contributed by atoms with E-state index >= 15 is 0 Å². The molecule has 0 aliphatic rings. The Hall–Kier alpha value is -2.42. The fraction of sp³-hybridized carbons (Fsp3) is 0.160. The van der Waals surface area contributed by atoms with Crippen molar-refractivity contribution in [2.45, 2.75) is 25.5 Å². The molecule has 3 aromatic carbocycles. The molecule has 0 radical (unpaired) electrons. The zero-order chi connectivity index (χ0) is 26.5. The number of carbonyl (C=O) groups excluding carboxylic acids is 1. The molecule has 4 rings (SSSR count). The van der Waals surface area contributed by atoms with Gasteiger partial charge in [-0.25, -0.2) is 8.51 Å². The monoisotopic (exact) mass is 668 g/mol. The van der Waals surface area contributed by atoms with E-state index in [9.17, 15) is 18.7 Å². The summed E-state index contributed by atoms with van der Waals surface area (Å²) < 4.78 is 33.4. The van der Waals surface area contributed by atoms with Crippen molar-refractivity contribution in [2.75, 3.05) is 4.31 Å². The lowest BCUT2D eigenvalue weighted by Gasteiger charge is -2.24. The number of aromatic nitrogens is 2. The quantitative estimate of drug-likeness (QED) is 0.160. The predicted octanol–water partition coefficient (Wildman–Crippen LogP) is 5.51. The number of benzene rings is 3. The number of hydrogen-bond donors (Lipinski definition) is 3. The third-order valence-corrected chi connectivity index (χ3v) is 7.73. The maximum Gasteiger partial charge on any atom is 0.268 e. The van der Waals surface area contributed by atoms with Crippen LogP contribution < -0.4 is 9.62 Å². The van der Waals surface area contributed by atoms with Crippen LogP contribution in [-0.4, -0.2) is 34.6 Å². The fourth-order valence-corrected chi connectivity index (χ4v) is 5.52. The zero-order valence-corrected chi connectivity index (χ0v) is 24.0. The molecule has 192 valence electrons. The Balaban J connectivity index is 1.65. The van der Waals surface area contributed by atoms with Crippen molar-refractivity contribution in [3.8, 4) is 0 Å². The van der Waals surface area contributed by atoms with E-state index in [0.717, 1.165) is 25.2 Å². The van der Waals surface area contributed by atoms with Gasteiger partial charge in [0.1, 0.15) is 5.69 Å². The molecule has 37 heavy (non-hydrogen) atoms. The average Bonchev–Trinajstić information content (AvgIpc) is 3.32. The highest BCUT2D eigenvalue weighted by atomic mass is 127. The Morgan fingerprint density at radius 2 is 1.84 bits per heavy atom. The van der Waals surface area contributed by atoms with Crippen LogP contribution in [0.4, 0.5) is 11.5 Å². The van der Waals surface area contributed by atoms with Gasteiger partial charge >= 0.3 is 0 Å². The van der Waals surface area contributed by atoms with Crippen molar-refractivity contribution in [2.24, 2.45) is 0 Å². The lowest BCUT2D eigenvalue weighted by atomic mass is 10.0. The second-order valence-corrected chi connectivity index (χ2v) is 11.2. The molecule has 4 aromatic rings. The van der Waals surface area contributed by atoms with Gasteiger partial charge in [0.15, 0.2) is 5.82 Å². The van der Waals surface area contributed by atoms with E-state index < -0.39 is 29.3 Å². The number of nitrogens with one attached hydrogen (secondary N) is 1. The minimum absolute atomic E-state index is 0.150. The van der Waals surface area contributed by atoms with Crippen molar-refractivity contribution >= 4 is 74.6 Å². The van der Waals surface area contributed by atoms with E-state index in [1.807, 2.05) is 30.3 Å². The van der Waals surface area contributed by atoms with Gasteiger partial charge in [0, 0.05) is 15.0 Å². The average molecular weight is 669 g/mol. The van der Waals surface area contributed by atoms with Crippen LogP contribution in [0.5, 0.6) is 0 Å². The summed E-state index contributed by atoms with van der Waals surface area (Å²) in [5.74, 6) is -0.324. The number of rotatable bonds is 9. The number of nitrogens with zero attached hydrogens (tertiary/aromatic N) is 3. The van der Waals surface area contributed by atoms with Crippen molar-refractivity contribution in [3.63, 3.8) is 0 Å². The molecule has 12 heteroatoms. The summed E-state index contributed by atoms with van der Waals surface area (Å²) in [4.78, 5) is 13.4. The first-order valence-corrected chi connectivity index (χ1v) is 14.3. The highest BCUT2D eigenvalue weighted by molar-refractivity contribution is 14.1. The van der Waals surface area contributed by atoms with Crippen LogP contribution >= 0.6 is 45.9 Å². The van der Waals surface area contributed by atoms with Gasteiger partial charge in [0.25, 0.3) is 17.2 Å². The summed E-state index contributed by atoms with van der Waals surface area (Å²) in [6.45, 7) is 1.67. The molecule has 3 atom stereocenters. The van der Waals surface area contributed by atoms with Gasteiger partial charge in [-0.15, -0.1) is 0 Å². The van der Waals surface area contributed by atoms with Crippen molar-refractivity contribution in [3.05, 3.63) is 104 Å². The Morgan fingerprint density at radius 1 is 1.14 bits per heavy atom. The van der Waals surface area contributed by atoms with Gasteiger partial charge in [-0.2, -0.15) is 8.75 Å². The summed E-state index contributed by atoms with van der Waals surface area (Å²) in [5.41, 5.74) is 2.41. The van der Waals surface area contributed by atoms with Gasteiger partial charge in [0.05, 0.1) is 35.1 Å². The first-order valence-electron chi connectivity index (χ1n) is 11.0. The summed E-state index contributed by atoms with van der Waals surface area (Å²) >= 11 is 6.38. The normalized spacial score (nSPS) is 13.5. The molecule has 0 saturated carbocycles. The SMILES string of the molecule is CC(NC(=O)c1ccc(I)cc1N(c1nsnc1Cc1ccccc1)S(=O)O)C(O)c1ccc(Cl)cc1. The summed E-state index contributed by atoms with van der Waals surface area (Å²) in [6, 6.07) is 20.5. The smallest absolute Gasteiger partial charge is 0.268 e. The van der Waals surface area contributed by atoms with E-state index in [2.05, 4.69) is 36.7 Å². The van der Waals surface area contributed by atoms with Crippen LogP contribution in [-0.2, 0) is 17.7 Å². The standard InChI is InChI=1S/C25H22ClIN4O4S2/c1-15(23(32)17-7-9-18(26)10-8-17)28-25(33)20-12-11-19(27)14-22(20)31(37(34)35)24-21(29-36-30-24)13-16-5-3-2-4-6-16/h2-12,14-15,23,32H,13H2,1H3,(H,28,33)(H,34,35). The fourth-order valence-electron chi connectivity index (χ4n) is 3.71. The number of aliphatic hydroxyl groups is 1. The first kappa shape index (κ1) is 27.6.